The minimum absolute atomic E-state index is 0.0450. The highest BCUT2D eigenvalue weighted by molar-refractivity contribution is 5.58. The summed E-state index contributed by atoms with van der Waals surface area (Å²) >= 11 is 0. The van der Waals surface area contributed by atoms with E-state index in [-0.39, 0.29) is 12.0 Å². The number of rotatable bonds is 5. The molecule has 1 fully saturated rings. The minimum Gasteiger partial charge on any atom is -0.423 e. The molecule has 0 bridgehead atoms. The summed E-state index contributed by atoms with van der Waals surface area (Å²) < 4.78 is 5.17. The van der Waals surface area contributed by atoms with E-state index in [4.69, 9.17) is 4.42 Å². The fourth-order valence-electron chi connectivity index (χ4n) is 3.01. The van der Waals surface area contributed by atoms with Gasteiger partial charge in [-0.3, -0.25) is 0 Å². The Morgan fingerprint density at radius 1 is 1.14 bits per heavy atom. The van der Waals surface area contributed by atoms with Crippen molar-refractivity contribution in [1.82, 2.24) is 10.2 Å². The van der Waals surface area contributed by atoms with Gasteiger partial charge in [0, 0.05) is 23.2 Å². The van der Waals surface area contributed by atoms with Crippen LogP contribution in [0.3, 0.4) is 0 Å². The molecule has 1 aromatic heterocycles. The highest BCUT2D eigenvalue weighted by Crippen LogP contribution is 2.36. The highest BCUT2D eigenvalue weighted by Gasteiger charge is 2.30. The van der Waals surface area contributed by atoms with E-state index in [1.165, 1.54) is 25.7 Å². The Morgan fingerprint density at radius 3 is 2.52 bits per heavy atom. The first-order valence-corrected chi connectivity index (χ1v) is 7.53. The molecule has 112 valence electrons. The first-order chi connectivity index (χ1) is 10.3. The average Bonchev–Trinajstić information content (AvgIpc) is 3.09. The van der Waals surface area contributed by atoms with Crippen LogP contribution in [0.25, 0.3) is 11.5 Å². The molecule has 5 heteroatoms. The second-order valence-electron chi connectivity index (χ2n) is 5.89. The fourth-order valence-corrected chi connectivity index (χ4v) is 3.01. The third-order valence-electron chi connectivity index (χ3n) is 4.41. The topological polar surface area (TPSA) is 71.2 Å². The molecule has 1 aliphatic carbocycles. The lowest BCUT2D eigenvalue weighted by molar-refractivity contribution is 0.0944. The Kier molecular flexibility index (Phi) is 4.20. The second-order valence-corrected chi connectivity index (χ2v) is 5.89. The summed E-state index contributed by atoms with van der Waals surface area (Å²) in [7, 11) is 0. The summed E-state index contributed by atoms with van der Waals surface area (Å²) in [4.78, 5) is 0. The standard InChI is InChI=1S/C16H21N3O2/c20-11-16(8-2-1-3-9-16)10-17-14-6-4-13(5-7-14)15-19-18-12-21-15/h4-7,12,17,20H,1-3,8-11H2. The zero-order valence-electron chi connectivity index (χ0n) is 12.1. The Hall–Kier alpha value is -1.88. The number of benzene rings is 1. The zero-order chi connectivity index (χ0) is 14.5. The first-order valence-electron chi connectivity index (χ1n) is 7.53. The molecular weight excluding hydrogens is 266 g/mol. The zero-order valence-corrected chi connectivity index (χ0v) is 12.1. The summed E-state index contributed by atoms with van der Waals surface area (Å²) in [5.74, 6) is 0.528. The van der Waals surface area contributed by atoms with Gasteiger partial charge in [0.05, 0.1) is 6.61 Å². The molecule has 3 rings (SSSR count). The number of aliphatic hydroxyl groups is 1. The molecule has 5 nitrogen and oxygen atoms in total. The van der Waals surface area contributed by atoms with Crippen LogP contribution < -0.4 is 5.32 Å². The smallest absolute Gasteiger partial charge is 0.247 e. The van der Waals surface area contributed by atoms with Gasteiger partial charge in [0.1, 0.15) is 0 Å². The van der Waals surface area contributed by atoms with Gasteiger partial charge in [0.25, 0.3) is 0 Å². The third kappa shape index (κ3) is 3.24. The van der Waals surface area contributed by atoms with E-state index >= 15 is 0 Å². The molecule has 0 unspecified atom stereocenters. The second kappa shape index (κ2) is 6.26. The van der Waals surface area contributed by atoms with Gasteiger partial charge in [-0.2, -0.15) is 0 Å². The molecule has 0 amide bonds. The van der Waals surface area contributed by atoms with Gasteiger partial charge < -0.3 is 14.8 Å². The Balaban J connectivity index is 1.62. The Labute approximate surface area is 124 Å². The largest absolute Gasteiger partial charge is 0.423 e. The van der Waals surface area contributed by atoms with E-state index in [0.29, 0.717) is 5.89 Å². The lowest BCUT2D eigenvalue weighted by atomic mass is 9.74. The van der Waals surface area contributed by atoms with E-state index in [1.807, 2.05) is 24.3 Å². The summed E-state index contributed by atoms with van der Waals surface area (Å²) in [6, 6.07) is 7.94. The number of nitrogens with one attached hydrogen (secondary N) is 1. The van der Waals surface area contributed by atoms with Crippen molar-refractivity contribution in [1.29, 1.82) is 0 Å². The van der Waals surface area contributed by atoms with Crippen molar-refractivity contribution in [2.75, 3.05) is 18.5 Å². The van der Waals surface area contributed by atoms with Crippen LogP contribution in [0.2, 0.25) is 0 Å². The molecule has 0 atom stereocenters. The van der Waals surface area contributed by atoms with Gasteiger partial charge in [-0.25, -0.2) is 0 Å². The number of aliphatic hydroxyl groups excluding tert-OH is 1. The van der Waals surface area contributed by atoms with Crippen molar-refractivity contribution >= 4 is 5.69 Å². The molecule has 2 aromatic rings. The maximum atomic E-state index is 9.72. The van der Waals surface area contributed by atoms with Gasteiger partial charge in [-0.05, 0) is 37.1 Å². The fraction of sp³-hybridized carbons (Fsp3) is 0.500. The molecule has 1 saturated carbocycles. The van der Waals surface area contributed by atoms with Crippen LogP contribution in [0.15, 0.2) is 35.1 Å². The van der Waals surface area contributed by atoms with E-state index in [1.54, 1.807) is 0 Å². The monoisotopic (exact) mass is 287 g/mol. The normalized spacial score (nSPS) is 17.6. The van der Waals surface area contributed by atoms with Gasteiger partial charge in [0.2, 0.25) is 12.3 Å². The molecular formula is C16H21N3O2. The van der Waals surface area contributed by atoms with Crippen molar-refractivity contribution < 1.29 is 9.52 Å². The molecule has 1 aliphatic rings. The molecule has 1 aromatic carbocycles. The highest BCUT2D eigenvalue weighted by atomic mass is 16.4. The van der Waals surface area contributed by atoms with Crippen LogP contribution in [0.5, 0.6) is 0 Å². The number of hydrogen-bond acceptors (Lipinski definition) is 5. The van der Waals surface area contributed by atoms with E-state index < -0.39 is 0 Å². The summed E-state index contributed by atoms with van der Waals surface area (Å²) in [6.07, 6.45) is 7.28. The molecule has 21 heavy (non-hydrogen) atoms. The van der Waals surface area contributed by atoms with Crippen molar-refractivity contribution in [3.05, 3.63) is 30.7 Å². The molecule has 1 heterocycles. The number of aromatic nitrogens is 2. The number of nitrogens with zero attached hydrogens (tertiary/aromatic N) is 2. The Bertz CT molecular complexity index is 545. The van der Waals surface area contributed by atoms with E-state index in [0.717, 1.165) is 30.6 Å². The number of hydrogen-bond donors (Lipinski definition) is 2. The van der Waals surface area contributed by atoms with Crippen LogP contribution in [0, 0.1) is 5.41 Å². The van der Waals surface area contributed by atoms with Crippen LogP contribution in [-0.4, -0.2) is 28.5 Å². The van der Waals surface area contributed by atoms with Crippen molar-refractivity contribution in [3.8, 4) is 11.5 Å². The lowest BCUT2D eigenvalue weighted by Crippen LogP contribution is -2.35. The van der Waals surface area contributed by atoms with E-state index in [9.17, 15) is 5.11 Å². The predicted molar refractivity (Wildman–Crippen MR) is 80.8 cm³/mol. The maximum absolute atomic E-state index is 9.72. The molecule has 0 saturated heterocycles. The minimum atomic E-state index is 0.0450. The van der Waals surface area contributed by atoms with Crippen LogP contribution in [0.1, 0.15) is 32.1 Å². The van der Waals surface area contributed by atoms with Crippen LogP contribution in [-0.2, 0) is 0 Å². The Morgan fingerprint density at radius 2 is 1.90 bits per heavy atom. The molecule has 0 radical (unpaired) electrons. The molecule has 0 aliphatic heterocycles. The van der Waals surface area contributed by atoms with Gasteiger partial charge in [-0.1, -0.05) is 19.3 Å². The summed E-state index contributed by atoms with van der Waals surface area (Å²) in [5.41, 5.74) is 2.01. The van der Waals surface area contributed by atoms with Gasteiger partial charge in [0.15, 0.2) is 0 Å². The first kappa shape index (κ1) is 14.1. The third-order valence-corrected chi connectivity index (χ3v) is 4.41. The molecule has 0 spiro atoms. The van der Waals surface area contributed by atoms with Gasteiger partial charge in [-0.15, -0.1) is 10.2 Å². The van der Waals surface area contributed by atoms with Crippen molar-refractivity contribution in [2.24, 2.45) is 5.41 Å². The molecule has 2 N–H and O–H groups in total. The van der Waals surface area contributed by atoms with Crippen LogP contribution >= 0.6 is 0 Å². The SMILES string of the molecule is OCC1(CNc2ccc(-c3nnco3)cc2)CCCCC1. The number of anilines is 1. The van der Waals surface area contributed by atoms with Crippen LogP contribution in [0.4, 0.5) is 5.69 Å². The summed E-state index contributed by atoms with van der Waals surface area (Å²) in [6.45, 7) is 1.09. The maximum Gasteiger partial charge on any atom is 0.247 e. The van der Waals surface area contributed by atoms with Gasteiger partial charge >= 0.3 is 0 Å². The van der Waals surface area contributed by atoms with Crippen molar-refractivity contribution in [3.63, 3.8) is 0 Å². The lowest BCUT2D eigenvalue weighted by Gasteiger charge is -2.36. The van der Waals surface area contributed by atoms with Crippen molar-refractivity contribution in [2.45, 2.75) is 32.1 Å². The average molecular weight is 287 g/mol. The quantitative estimate of drug-likeness (QED) is 0.884. The summed E-state index contributed by atoms with van der Waals surface area (Å²) in [5, 5.41) is 20.7. The predicted octanol–water partition coefficient (Wildman–Crippen LogP) is 3.09. The van der Waals surface area contributed by atoms with E-state index in [2.05, 4.69) is 15.5 Å².